The van der Waals surface area contributed by atoms with Crippen LogP contribution in [0.4, 0.5) is 10.1 Å². The van der Waals surface area contributed by atoms with Crippen molar-refractivity contribution in [3.63, 3.8) is 0 Å². The predicted octanol–water partition coefficient (Wildman–Crippen LogP) is 4.15. The van der Waals surface area contributed by atoms with Crippen LogP contribution in [0.1, 0.15) is 23.7 Å². The van der Waals surface area contributed by atoms with Gasteiger partial charge in [-0.05, 0) is 56.2 Å². The lowest BCUT2D eigenvalue weighted by Gasteiger charge is -2.13. The van der Waals surface area contributed by atoms with Crippen LogP contribution in [0, 0.1) is 19.7 Å². The van der Waals surface area contributed by atoms with E-state index in [0.717, 1.165) is 11.1 Å². The Kier molecular flexibility index (Phi) is 6.60. The monoisotopic (exact) mass is 465 g/mol. The van der Waals surface area contributed by atoms with E-state index in [1.807, 2.05) is 45.0 Å². The van der Waals surface area contributed by atoms with E-state index in [1.54, 1.807) is 16.8 Å². The number of carbonyl (C=O) groups excluding carboxylic acids is 1. The van der Waals surface area contributed by atoms with Crippen molar-refractivity contribution in [1.29, 1.82) is 0 Å². The molecule has 33 heavy (non-hydrogen) atoms. The molecule has 170 valence electrons. The van der Waals surface area contributed by atoms with E-state index in [2.05, 4.69) is 10.4 Å². The first-order valence-electron chi connectivity index (χ1n) is 10.6. The molecular formula is C24H24FN5O2S. The van der Waals surface area contributed by atoms with Crippen LogP contribution < -0.4 is 10.9 Å². The van der Waals surface area contributed by atoms with Gasteiger partial charge in [0.2, 0.25) is 5.91 Å². The second-order valence-electron chi connectivity index (χ2n) is 7.72. The predicted molar refractivity (Wildman–Crippen MR) is 128 cm³/mol. The molecule has 0 atom stereocenters. The van der Waals surface area contributed by atoms with Gasteiger partial charge in [-0.1, -0.05) is 36.0 Å². The van der Waals surface area contributed by atoms with Crippen molar-refractivity contribution in [2.24, 2.45) is 0 Å². The van der Waals surface area contributed by atoms with E-state index in [4.69, 9.17) is 4.98 Å². The average Bonchev–Trinajstić information content (AvgIpc) is 3.11. The van der Waals surface area contributed by atoms with Crippen molar-refractivity contribution in [2.45, 2.75) is 39.0 Å². The summed E-state index contributed by atoms with van der Waals surface area (Å²) in [4.78, 5) is 30.7. The zero-order valence-electron chi connectivity index (χ0n) is 18.6. The van der Waals surface area contributed by atoms with E-state index >= 15 is 0 Å². The van der Waals surface area contributed by atoms with Gasteiger partial charge in [0.25, 0.3) is 5.56 Å². The third-order valence-electron chi connectivity index (χ3n) is 5.17. The number of hydrogen-bond acceptors (Lipinski definition) is 5. The molecule has 0 fully saturated rings. The highest BCUT2D eigenvalue weighted by atomic mass is 32.2. The fourth-order valence-electron chi connectivity index (χ4n) is 3.59. The fourth-order valence-corrected chi connectivity index (χ4v) is 4.38. The lowest BCUT2D eigenvalue weighted by atomic mass is 10.2. The van der Waals surface area contributed by atoms with Crippen LogP contribution in [0.3, 0.4) is 0 Å². The molecule has 0 spiro atoms. The van der Waals surface area contributed by atoms with Crippen molar-refractivity contribution < 1.29 is 9.18 Å². The average molecular weight is 466 g/mol. The summed E-state index contributed by atoms with van der Waals surface area (Å²) >= 11 is 1.18. The summed E-state index contributed by atoms with van der Waals surface area (Å²) in [6, 6.07) is 13.5. The molecule has 1 amide bonds. The normalized spacial score (nSPS) is 11.2. The Morgan fingerprint density at radius 2 is 1.91 bits per heavy atom. The maximum Gasteiger partial charge on any atom is 0.280 e. The van der Waals surface area contributed by atoms with Gasteiger partial charge in [0.05, 0.1) is 18.0 Å². The number of rotatable bonds is 7. The number of anilines is 1. The molecule has 0 aliphatic carbocycles. The molecule has 0 aliphatic heterocycles. The highest BCUT2D eigenvalue weighted by Crippen LogP contribution is 2.21. The maximum absolute atomic E-state index is 13.5. The van der Waals surface area contributed by atoms with Crippen LogP contribution in [-0.4, -0.2) is 31.0 Å². The van der Waals surface area contributed by atoms with Crippen molar-refractivity contribution in [2.75, 3.05) is 11.1 Å². The molecular weight excluding hydrogens is 441 g/mol. The SMILES string of the molecule is CCn1nc(C)c2nc(SCC(=O)Nc3cccc(C)c3)n(Cc3ccc(F)cc3)c(=O)c21. The summed E-state index contributed by atoms with van der Waals surface area (Å²) < 4.78 is 16.5. The van der Waals surface area contributed by atoms with Crippen LogP contribution >= 0.6 is 11.8 Å². The number of fused-ring (bicyclic) bond motifs is 1. The first-order chi connectivity index (χ1) is 15.9. The molecule has 2 aromatic carbocycles. The largest absolute Gasteiger partial charge is 0.325 e. The zero-order valence-corrected chi connectivity index (χ0v) is 19.4. The van der Waals surface area contributed by atoms with Crippen LogP contribution in [0.25, 0.3) is 11.0 Å². The summed E-state index contributed by atoms with van der Waals surface area (Å²) in [5.41, 5.74) is 3.88. The number of thioether (sulfide) groups is 1. The number of hydrogen-bond donors (Lipinski definition) is 1. The van der Waals surface area contributed by atoms with Gasteiger partial charge < -0.3 is 5.32 Å². The van der Waals surface area contributed by atoms with E-state index in [1.165, 1.54) is 28.5 Å². The zero-order chi connectivity index (χ0) is 23.5. The van der Waals surface area contributed by atoms with E-state index < -0.39 is 0 Å². The topological polar surface area (TPSA) is 81.8 Å². The minimum atomic E-state index is -0.346. The molecule has 0 saturated heterocycles. The molecule has 0 unspecified atom stereocenters. The molecule has 0 radical (unpaired) electrons. The number of aromatic nitrogens is 4. The molecule has 1 N–H and O–H groups in total. The van der Waals surface area contributed by atoms with Gasteiger partial charge in [0, 0.05) is 12.2 Å². The Labute approximate surface area is 194 Å². The molecule has 9 heteroatoms. The van der Waals surface area contributed by atoms with Gasteiger partial charge in [-0.15, -0.1) is 0 Å². The number of aryl methyl sites for hydroxylation is 3. The van der Waals surface area contributed by atoms with Gasteiger partial charge in [-0.3, -0.25) is 18.8 Å². The Morgan fingerprint density at radius 1 is 1.15 bits per heavy atom. The number of amides is 1. The molecule has 7 nitrogen and oxygen atoms in total. The van der Waals surface area contributed by atoms with E-state index in [0.29, 0.717) is 34.1 Å². The standard InChI is InChI=1S/C24H24FN5O2S/c1-4-30-22-21(16(3)28-30)27-24(29(23(22)32)13-17-8-10-18(25)11-9-17)33-14-20(31)26-19-7-5-6-15(2)12-19/h5-12H,4,13-14H2,1-3H3,(H,26,31). The molecule has 4 aromatic rings. The van der Waals surface area contributed by atoms with Gasteiger partial charge in [0.15, 0.2) is 10.7 Å². The summed E-state index contributed by atoms with van der Waals surface area (Å²) in [7, 11) is 0. The lowest BCUT2D eigenvalue weighted by molar-refractivity contribution is -0.113. The summed E-state index contributed by atoms with van der Waals surface area (Å²) in [5, 5.41) is 7.72. The second-order valence-corrected chi connectivity index (χ2v) is 8.66. The highest BCUT2D eigenvalue weighted by molar-refractivity contribution is 7.99. The number of halogens is 1. The Morgan fingerprint density at radius 3 is 2.61 bits per heavy atom. The number of nitrogens with zero attached hydrogens (tertiary/aromatic N) is 4. The number of benzene rings is 2. The molecule has 4 rings (SSSR count). The summed E-state index contributed by atoms with van der Waals surface area (Å²) in [6.07, 6.45) is 0. The molecule has 0 saturated carbocycles. The highest BCUT2D eigenvalue weighted by Gasteiger charge is 2.19. The smallest absolute Gasteiger partial charge is 0.280 e. The summed E-state index contributed by atoms with van der Waals surface area (Å²) in [5.74, 6) is -0.466. The molecule has 0 aliphatic rings. The lowest BCUT2D eigenvalue weighted by Crippen LogP contribution is -2.26. The minimum absolute atomic E-state index is 0.0796. The van der Waals surface area contributed by atoms with Crippen molar-refractivity contribution >= 4 is 34.4 Å². The minimum Gasteiger partial charge on any atom is -0.325 e. The molecule has 0 bridgehead atoms. The quantitative estimate of drug-likeness (QED) is 0.328. The van der Waals surface area contributed by atoms with E-state index in [9.17, 15) is 14.0 Å². The van der Waals surface area contributed by atoms with Crippen LogP contribution in [0.15, 0.2) is 58.5 Å². The van der Waals surface area contributed by atoms with Crippen molar-refractivity contribution in [3.05, 3.63) is 81.5 Å². The van der Waals surface area contributed by atoms with Crippen LogP contribution in [0.5, 0.6) is 0 Å². The van der Waals surface area contributed by atoms with Gasteiger partial charge >= 0.3 is 0 Å². The van der Waals surface area contributed by atoms with Crippen LogP contribution in [0.2, 0.25) is 0 Å². The maximum atomic E-state index is 13.5. The second kappa shape index (κ2) is 9.58. The molecule has 2 aromatic heterocycles. The number of carbonyl (C=O) groups is 1. The first-order valence-corrected chi connectivity index (χ1v) is 11.6. The van der Waals surface area contributed by atoms with E-state index in [-0.39, 0.29) is 29.6 Å². The van der Waals surface area contributed by atoms with Crippen LogP contribution in [-0.2, 0) is 17.9 Å². The third-order valence-corrected chi connectivity index (χ3v) is 6.15. The Hall–Kier alpha value is -3.46. The summed E-state index contributed by atoms with van der Waals surface area (Å²) in [6.45, 7) is 6.41. The van der Waals surface area contributed by atoms with Gasteiger partial charge in [0.1, 0.15) is 11.3 Å². The van der Waals surface area contributed by atoms with Gasteiger partial charge in [-0.2, -0.15) is 5.10 Å². The van der Waals surface area contributed by atoms with Crippen molar-refractivity contribution in [3.8, 4) is 0 Å². The van der Waals surface area contributed by atoms with Crippen molar-refractivity contribution in [1.82, 2.24) is 19.3 Å². The Balaban J connectivity index is 1.67. The third kappa shape index (κ3) is 4.98. The Bertz CT molecular complexity index is 1380. The fraction of sp³-hybridized carbons (Fsp3) is 0.250. The first kappa shape index (κ1) is 22.7. The molecule has 2 heterocycles. The number of nitrogens with one attached hydrogen (secondary N) is 1. The van der Waals surface area contributed by atoms with Gasteiger partial charge in [-0.25, -0.2) is 9.37 Å².